The Balaban J connectivity index is 0.000000169. The predicted octanol–water partition coefficient (Wildman–Crippen LogP) is 5.95. The number of cyclic esters (lactones) is 1. The molecule has 366 valence electrons. The molecule has 3 amide bonds. The van der Waals surface area contributed by atoms with Crippen LogP contribution in [0.1, 0.15) is 122 Å². The van der Waals surface area contributed by atoms with Crippen molar-refractivity contribution >= 4 is 61.4 Å². The number of nitrogens with one attached hydrogen (secondary N) is 5. The second kappa shape index (κ2) is 23.3. The van der Waals surface area contributed by atoms with Crippen LogP contribution in [0, 0.1) is 23.2 Å². The molecule has 2 saturated carbocycles. The van der Waals surface area contributed by atoms with E-state index >= 15 is 0 Å². The Morgan fingerprint density at radius 1 is 0.701 bits per heavy atom. The van der Waals surface area contributed by atoms with Crippen LogP contribution in [0.25, 0.3) is 0 Å². The number of hydrogen-bond acceptors (Lipinski definition) is 12. The van der Waals surface area contributed by atoms with Gasteiger partial charge in [0.15, 0.2) is 0 Å². The minimum absolute atomic E-state index is 0.0433. The van der Waals surface area contributed by atoms with Crippen LogP contribution in [0.4, 0.5) is 16.2 Å². The summed E-state index contributed by atoms with van der Waals surface area (Å²) >= 11 is 0. The Bertz CT molecular complexity index is 2380. The van der Waals surface area contributed by atoms with Gasteiger partial charge in [0.2, 0.25) is 0 Å². The highest BCUT2D eigenvalue weighted by Crippen LogP contribution is 2.36. The summed E-state index contributed by atoms with van der Waals surface area (Å²) in [5, 5.41) is 16.7. The Labute approximate surface area is 396 Å². The summed E-state index contributed by atoms with van der Waals surface area (Å²) in [7, 11) is -7.53. The van der Waals surface area contributed by atoms with Crippen LogP contribution in [-0.4, -0.2) is 105 Å². The number of nitriles is 1. The Morgan fingerprint density at radius 2 is 1.15 bits per heavy atom. The van der Waals surface area contributed by atoms with Crippen LogP contribution in [0.2, 0.25) is 0 Å². The molecule has 5 heterocycles. The van der Waals surface area contributed by atoms with E-state index in [1.807, 2.05) is 38.1 Å². The van der Waals surface area contributed by atoms with Crippen molar-refractivity contribution < 1.29 is 36.0 Å². The first kappa shape index (κ1) is 51.3. The molecular formula is C47H68N10O8S2. The standard InChI is InChI=1S/C21H30N4O3S.C13H21N3O.C11H14N2O4S.C2H3N/c1-2-16-7-6-10-18(15-16)24-29(27,28)25-13-11-21(12-14-25)20(26)22-19(23-21)17-8-4-3-5-9-17;17-12-13(6-8-14-9-7-13)16-11(15-12)10-4-2-1-3-5-10;1-2-9-4-3-5-10(8-9)12-18(15,16)13-6-7-17-11(13)14;1-2-3/h6-7,10,15,17,24H,2-5,8-9,11-14H2,1H3,(H,22,23,26);10,14H,1-9H2,(H,15,16,17);3-5,8,12H,2,6-7H2,1H3;1H3. The third-order valence-corrected chi connectivity index (χ3v) is 16.4. The molecule has 0 aromatic heterocycles. The van der Waals surface area contributed by atoms with E-state index in [4.69, 9.17) is 15.2 Å². The molecule has 7 aliphatic rings. The lowest BCUT2D eigenvalue weighted by Gasteiger charge is -2.34. The minimum Gasteiger partial charge on any atom is -0.447 e. The Morgan fingerprint density at radius 3 is 1.58 bits per heavy atom. The van der Waals surface area contributed by atoms with Gasteiger partial charge in [-0.3, -0.25) is 29.0 Å². The van der Waals surface area contributed by atoms with Crippen molar-refractivity contribution in [3.63, 3.8) is 0 Å². The molecule has 0 radical (unpaired) electrons. The van der Waals surface area contributed by atoms with Gasteiger partial charge in [0.25, 0.3) is 11.8 Å². The molecule has 0 bridgehead atoms. The van der Waals surface area contributed by atoms with Crippen LogP contribution in [-0.2, 0) is 47.6 Å². The molecule has 5 fully saturated rings. The lowest BCUT2D eigenvalue weighted by Crippen LogP contribution is -2.51. The molecule has 0 unspecified atom stereocenters. The number of piperidine rings is 2. The fraction of sp³-hybridized carbons (Fsp3) is 0.617. The maximum Gasteiger partial charge on any atom is 0.425 e. The zero-order valence-electron chi connectivity index (χ0n) is 39.1. The molecular weight excluding hydrogens is 897 g/mol. The number of aliphatic imine (C=N–C) groups is 2. The van der Waals surface area contributed by atoms with Gasteiger partial charge in [0.05, 0.1) is 24.0 Å². The second-order valence-electron chi connectivity index (χ2n) is 18.0. The van der Waals surface area contributed by atoms with E-state index in [-0.39, 0.29) is 38.1 Å². The zero-order valence-corrected chi connectivity index (χ0v) is 40.8. The molecule has 20 heteroatoms. The first-order chi connectivity index (χ1) is 32.2. The summed E-state index contributed by atoms with van der Waals surface area (Å²) in [4.78, 5) is 45.7. The van der Waals surface area contributed by atoms with Gasteiger partial charge in [-0.25, -0.2) is 4.79 Å². The highest BCUT2D eigenvalue weighted by Gasteiger charge is 2.49. The lowest BCUT2D eigenvalue weighted by atomic mass is 9.88. The predicted molar refractivity (Wildman–Crippen MR) is 259 cm³/mol. The van der Waals surface area contributed by atoms with Gasteiger partial charge in [0, 0.05) is 31.8 Å². The zero-order chi connectivity index (χ0) is 48.1. The molecule has 18 nitrogen and oxygen atoms in total. The summed E-state index contributed by atoms with van der Waals surface area (Å²) in [5.74, 6) is 2.79. The highest BCUT2D eigenvalue weighted by molar-refractivity contribution is 7.91. The Kier molecular flexibility index (Phi) is 17.8. The van der Waals surface area contributed by atoms with Crippen molar-refractivity contribution in [3.05, 3.63) is 59.7 Å². The topological polar surface area (TPSA) is 244 Å². The number of ether oxygens (including phenoxy) is 1. The van der Waals surface area contributed by atoms with E-state index in [1.165, 1.54) is 62.6 Å². The quantitative estimate of drug-likeness (QED) is 0.187. The number of hydrogen-bond donors (Lipinski definition) is 5. The number of amidine groups is 2. The first-order valence-corrected chi connectivity index (χ1v) is 26.8. The number of carbonyl (C=O) groups excluding carboxylic acids is 3. The molecule has 67 heavy (non-hydrogen) atoms. The normalized spacial score (nSPS) is 21.7. The van der Waals surface area contributed by atoms with E-state index in [0.29, 0.717) is 40.4 Å². The van der Waals surface area contributed by atoms with Gasteiger partial charge in [-0.1, -0.05) is 76.6 Å². The molecule has 5 aliphatic heterocycles. The number of nitrogens with zero attached hydrogens (tertiary/aromatic N) is 5. The molecule has 5 N–H and O–H groups in total. The van der Waals surface area contributed by atoms with Crippen LogP contribution in [0.5, 0.6) is 0 Å². The van der Waals surface area contributed by atoms with Crippen molar-refractivity contribution in [2.45, 2.75) is 135 Å². The number of benzene rings is 2. The third kappa shape index (κ3) is 13.1. The van der Waals surface area contributed by atoms with Crippen LogP contribution in [0.15, 0.2) is 58.5 Å². The summed E-state index contributed by atoms with van der Waals surface area (Å²) in [5.41, 5.74) is 1.89. The maximum absolute atomic E-state index is 12.8. The highest BCUT2D eigenvalue weighted by atomic mass is 32.2. The summed E-state index contributed by atoms with van der Waals surface area (Å²) in [6.07, 6.45) is 15.5. The van der Waals surface area contributed by atoms with E-state index < -0.39 is 37.6 Å². The van der Waals surface area contributed by atoms with Crippen LogP contribution >= 0.6 is 0 Å². The Hall–Kier alpha value is -5.10. The number of amides is 3. The van der Waals surface area contributed by atoms with E-state index in [1.54, 1.807) is 30.3 Å². The fourth-order valence-corrected chi connectivity index (χ4v) is 11.9. The molecule has 3 saturated heterocycles. The molecule has 2 spiro atoms. The van der Waals surface area contributed by atoms with Gasteiger partial charge in [-0.05, 0) is 113 Å². The maximum atomic E-state index is 12.8. The number of aryl methyl sites for hydroxylation is 2. The van der Waals surface area contributed by atoms with Crippen molar-refractivity contribution in [2.24, 2.45) is 21.8 Å². The van der Waals surface area contributed by atoms with Crippen molar-refractivity contribution in [1.29, 1.82) is 5.26 Å². The molecule has 2 aromatic carbocycles. The summed E-state index contributed by atoms with van der Waals surface area (Å²) < 4.78 is 61.3. The molecule has 9 rings (SSSR count). The molecule has 0 atom stereocenters. The van der Waals surface area contributed by atoms with E-state index in [2.05, 4.69) is 30.1 Å². The largest absolute Gasteiger partial charge is 0.447 e. The lowest BCUT2D eigenvalue weighted by molar-refractivity contribution is -0.125. The third-order valence-electron chi connectivity index (χ3n) is 13.5. The summed E-state index contributed by atoms with van der Waals surface area (Å²) in [6.45, 7) is 7.98. The number of anilines is 2. The van der Waals surface area contributed by atoms with Gasteiger partial charge < -0.3 is 20.7 Å². The van der Waals surface area contributed by atoms with Crippen LogP contribution < -0.4 is 25.4 Å². The van der Waals surface area contributed by atoms with Gasteiger partial charge in [-0.2, -0.15) is 30.7 Å². The minimum atomic E-state index is -3.88. The number of carbonyl (C=O) groups is 3. The smallest absolute Gasteiger partial charge is 0.425 e. The van der Waals surface area contributed by atoms with Crippen LogP contribution in [0.3, 0.4) is 0 Å². The molecule has 2 aliphatic carbocycles. The van der Waals surface area contributed by atoms with E-state index in [9.17, 15) is 31.2 Å². The van der Waals surface area contributed by atoms with Crippen molar-refractivity contribution in [2.75, 3.05) is 48.8 Å². The van der Waals surface area contributed by atoms with Crippen molar-refractivity contribution in [3.8, 4) is 6.07 Å². The monoisotopic (exact) mass is 964 g/mol. The van der Waals surface area contributed by atoms with Gasteiger partial charge in [0.1, 0.15) is 29.4 Å². The average Bonchev–Trinajstić information content (AvgIpc) is 4.02. The first-order valence-electron chi connectivity index (χ1n) is 23.9. The SMILES string of the molecule is CC#N.CCc1cccc(NS(=O)(=O)N2CCC3(CC2)N=C(C2CCCCC2)NC3=O)c1.CCc1cccc(NS(=O)(=O)N2CCOC2=O)c1.O=C1NC(C2CCCCC2)=NC12CCNCC2. The summed E-state index contributed by atoms with van der Waals surface area (Å²) in [6, 6.07) is 16.2. The van der Waals surface area contributed by atoms with Crippen molar-refractivity contribution in [1.82, 2.24) is 24.6 Å². The molecule has 2 aromatic rings. The van der Waals surface area contributed by atoms with Gasteiger partial charge in [-0.15, -0.1) is 0 Å². The second-order valence-corrected chi connectivity index (χ2v) is 21.3. The van der Waals surface area contributed by atoms with E-state index in [0.717, 1.165) is 74.4 Å². The average molecular weight is 965 g/mol. The fourth-order valence-electron chi connectivity index (χ4n) is 9.56. The number of rotatable bonds is 10. The van der Waals surface area contributed by atoms with Gasteiger partial charge >= 0.3 is 26.5 Å².